The average molecular weight is 230 g/mol. The average Bonchev–Trinajstić information content (AvgIpc) is 2.25. The van der Waals surface area contributed by atoms with Crippen LogP contribution in [0.3, 0.4) is 0 Å². The number of hydrogen-bond acceptors (Lipinski definition) is 2. The van der Waals surface area contributed by atoms with Crippen molar-refractivity contribution in [2.24, 2.45) is 0 Å². The van der Waals surface area contributed by atoms with Crippen LogP contribution in [-0.2, 0) is 4.74 Å². The first-order valence-corrected chi connectivity index (χ1v) is 6.87. The van der Waals surface area contributed by atoms with E-state index in [0.717, 1.165) is 30.9 Å². The number of unbranched alkanes of at least 4 members (excludes halogenated alkanes) is 6. The highest BCUT2D eigenvalue weighted by Gasteiger charge is 1.96. The van der Waals surface area contributed by atoms with Crippen molar-refractivity contribution in [3.8, 4) is 0 Å². The second-order valence-corrected chi connectivity index (χ2v) is 4.55. The summed E-state index contributed by atoms with van der Waals surface area (Å²) in [5.74, 6) is 0. The van der Waals surface area contributed by atoms with Gasteiger partial charge in [-0.05, 0) is 25.1 Å². The van der Waals surface area contributed by atoms with Crippen LogP contribution in [0, 0.1) is 0 Å². The molecule has 0 aromatic carbocycles. The van der Waals surface area contributed by atoms with Gasteiger partial charge in [0.1, 0.15) is 0 Å². The third kappa shape index (κ3) is 11.8. The Labute approximate surface area is 101 Å². The topological polar surface area (TPSA) is 9.23 Å². The summed E-state index contributed by atoms with van der Waals surface area (Å²) in [6.45, 7) is 5.25. The summed E-state index contributed by atoms with van der Waals surface area (Å²) in [4.78, 5) is 0. The minimum atomic E-state index is 0.811. The van der Waals surface area contributed by atoms with Gasteiger partial charge in [-0.2, -0.15) is 0 Å². The molecular weight excluding hydrogens is 204 g/mol. The highest BCUT2D eigenvalue weighted by atomic mass is 32.1. The van der Waals surface area contributed by atoms with Gasteiger partial charge in [0.2, 0.25) is 0 Å². The fourth-order valence-electron chi connectivity index (χ4n) is 1.46. The Kier molecular flexibility index (Phi) is 11.9. The molecule has 0 unspecified atom stereocenters. The summed E-state index contributed by atoms with van der Waals surface area (Å²) in [6, 6.07) is 0. The van der Waals surface area contributed by atoms with Crippen LogP contribution < -0.4 is 0 Å². The van der Waals surface area contributed by atoms with E-state index in [0.29, 0.717) is 0 Å². The molecule has 0 saturated carbocycles. The molecule has 0 saturated heterocycles. The number of ether oxygens (including phenoxy) is 1. The molecule has 0 bridgehead atoms. The van der Waals surface area contributed by atoms with Crippen molar-refractivity contribution in [1.82, 2.24) is 0 Å². The fourth-order valence-corrected chi connectivity index (χ4v) is 1.69. The zero-order valence-electron chi connectivity index (χ0n) is 10.4. The van der Waals surface area contributed by atoms with E-state index in [2.05, 4.69) is 13.8 Å². The van der Waals surface area contributed by atoms with Crippen molar-refractivity contribution >= 4 is 17.3 Å². The first-order valence-electron chi connectivity index (χ1n) is 6.46. The maximum atomic E-state index is 5.48. The van der Waals surface area contributed by atoms with E-state index in [9.17, 15) is 0 Å². The SMILES string of the molecule is CCCCCCCCOC(=S)CCCC. The van der Waals surface area contributed by atoms with Crippen molar-refractivity contribution in [3.05, 3.63) is 0 Å². The summed E-state index contributed by atoms with van der Waals surface area (Å²) < 4.78 is 5.48. The van der Waals surface area contributed by atoms with E-state index in [1.807, 2.05) is 0 Å². The zero-order valence-corrected chi connectivity index (χ0v) is 11.2. The Bertz CT molecular complexity index is 145. The summed E-state index contributed by atoms with van der Waals surface area (Å²) in [7, 11) is 0. The van der Waals surface area contributed by atoms with Gasteiger partial charge in [-0.25, -0.2) is 0 Å². The lowest BCUT2D eigenvalue weighted by Gasteiger charge is -2.06. The largest absolute Gasteiger partial charge is 0.487 e. The molecule has 0 aliphatic carbocycles. The summed E-state index contributed by atoms with van der Waals surface area (Å²) in [6.07, 6.45) is 11.2. The number of hydrogen-bond donors (Lipinski definition) is 0. The van der Waals surface area contributed by atoms with Crippen molar-refractivity contribution in [1.29, 1.82) is 0 Å². The lowest BCUT2D eigenvalue weighted by atomic mass is 10.1. The molecule has 0 aliphatic rings. The van der Waals surface area contributed by atoms with Crippen LogP contribution in [0.4, 0.5) is 0 Å². The first kappa shape index (κ1) is 14.9. The van der Waals surface area contributed by atoms with Gasteiger partial charge in [0.05, 0.1) is 6.61 Å². The van der Waals surface area contributed by atoms with Crippen LogP contribution in [0.1, 0.15) is 71.6 Å². The molecule has 0 aromatic rings. The van der Waals surface area contributed by atoms with E-state index in [1.165, 1.54) is 38.5 Å². The van der Waals surface area contributed by atoms with E-state index in [1.54, 1.807) is 0 Å². The van der Waals surface area contributed by atoms with Crippen molar-refractivity contribution in [2.45, 2.75) is 71.6 Å². The standard InChI is InChI=1S/C13H26OS/c1-3-5-7-8-9-10-12-14-13(15)11-6-4-2/h3-12H2,1-2H3. The molecule has 0 heterocycles. The second kappa shape index (κ2) is 12.0. The number of rotatable bonds is 10. The van der Waals surface area contributed by atoms with Crippen LogP contribution in [-0.4, -0.2) is 11.7 Å². The molecule has 0 rings (SSSR count). The smallest absolute Gasteiger partial charge is 0.159 e. The third-order valence-electron chi connectivity index (χ3n) is 2.50. The Hall–Kier alpha value is -0.110. The molecule has 1 nitrogen and oxygen atoms in total. The van der Waals surface area contributed by atoms with E-state index < -0.39 is 0 Å². The zero-order chi connectivity index (χ0) is 11.4. The molecule has 90 valence electrons. The molecule has 0 aliphatic heterocycles. The van der Waals surface area contributed by atoms with Crippen molar-refractivity contribution in [3.63, 3.8) is 0 Å². The Morgan fingerprint density at radius 2 is 1.47 bits per heavy atom. The highest BCUT2D eigenvalue weighted by molar-refractivity contribution is 7.80. The number of thiocarbonyl (C=S) groups is 1. The van der Waals surface area contributed by atoms with Gasteiger partial charge in [0, 0.05) is 6.42 Å². The van der Waals surface area contributed by atoms with Crippen LogP contribution in [0.2, 0.25) is 0 Å². The summed E-state index contributed by atoms with van der Waals surface area (Å²) in [5.41, 5.74) is 0. The van der Waals surface area contributed by atoms with Gasteiger partial charge in [-0.15, -0.1) is 0 Å². The van der Waals surface area contributed by atoms with Crippen LogP contribution >= 0.6 is 12.2 Å². The third-order valence-corrected chi connectivity index (χ3v) is 2.82. The van der Waals surface area contributed by atoms with Gasteiger partial charge < -0.3 is 4.74 Å². The maximum absolute atomic E-state index is 5.48. The molecule has 0 fully saturated rings. The Morgan fingerprint density at radius 1 is 0.867 bits per heavy atom. The van der Waals surface area contributed by atoms with Gasteiger partial charge >= 0.3 is 0 Å². The van der Waals surface area contributed by atoms with Gasteiger partial charge in [0.15, 0.2) is 5.05 Å². The monoisotopic (exact) mass is 230 g/mol. The van der Waals surface area contributed by atoms with Crippen LogP contribution in [0.5, 0.6) is 0 Å². The molecule has 0 spiro atoms. The van der Waals surface area contributed by atoms with Crippen LogP contribution in [0.25, 0.3) is 0 Å². The van der Waals surface area contributed by atoms with Gasteiger partial charge in [-0.1, -0.05) is 52.4 Å². The molecule has 0 radical (unpaired) electrons. The predicted molar refractivity (Wildman–Crippen MR) is 71.5 cm³/mol. The Balaban J connectivity index is 3.06. The molecule has 0 amide bonds. The van der Waals surface area contributed by atoms with Gasteiger partial charge in [0.25, 0.3) is 0 Å². The normalized spacial score (nSPS) is 10.3. The van der Waals surface area contributed by atoms with E-state index >= 15 is 0 Å². The van der Waals surface area contributed by atoms with Crippen molar-refractivity contribution < 1.29 is 4.74 Å². The molecule has 15 heavy (non-hydrogen) atoms. The van der Waals surface area contributed by atoms with Gasteiger partial charge in [-0.3, -0.25) is 0 Å². The molecule has 0 aromatic heterocycles. The van der Waals surface area contributed by atoms with E-state index in [-0.39, 0.29) is 0 Å². The second-order valence-electron chi connectivity index (χ2n) is 4.09. The van der Waals surface area contributed by atoms with E-state index in [4.69, 9.17) is 17.0 Å². The minimum Gasteiger partial charge on any atom is -0.487 e. The first-order chi connectivity index (χ1) is 7.31. The summed E-state index contributed by atoms with van der Waals surface area (Å²) in [5, 5.41) is 0.811. The quantitative estimate of drug-likeness (QED) is 0.391. The predicted octanol–water partition coefficient (Wildman–Crippen LogP) is 4.88. The van der Waals surface area contributed by atoms with Crippen LogP contribution in [0.15, 0.2) is 0 Å². The highest BCUT2D eigenvalue weighted by Crippen LogP contribution is 2.06. The Morgan fingerprint density at radius 3 is 2.13 bits per heavy atom. The lowest BCUT2D eigenvalue weighted by Crippen LogP contribution is -2.03. The molecule has 0 N–H and O–H groups in total. The summed E-state index contributed by atoms with van der Waals surface area (Å²) >= 11 is 5.12. The lowest BCUT2D eigenvalue weighted by molar-refractivity contribution is 0.291. The molecule has 0 atom stereocenters. The fraction of sp³-hybridized carbons (Fsp3) is 0.923. The molecular formula is C13H26OS. The maximum Gasteiger partial charge on any atom is 0.159 e. The van der Waals surface area contributed by atoms with Crippen molar-refractivity contribution in [2.75, 3.05) is 6.61 Å². The minimum absolute atomic E-state index is 0.811. The molecule has 2 heteroatoms.